The van der Waals surface area contributed by atoms with Crippen molar-refractivity contribution < 1.29 is 68.1 Å². The minimum atomic E-state index is -1.54. The molecule has 0 spiro atoms. The van der Waals surface area contributed by atoms with Crippen LogP contribution in [0.15, 0.2) is 0 Å². The Morgan fingerprint density at radius 2 is 1.03 bits per heavy atom. The van der Waals surface area contributed by atoms with Crippen molar-refractivity contribution >= 4 is 65.0 Å². The molecule has 2 aliphatic rings. The number of rotatable bonds is 27. The predicted octanol–water partition coefficient (Wildman–Crippen LogP) is 0.421. The van der Waals surface area contributed by atoms with Gasteiger partial charge >= 0.3 is 17.9 Å². The molecule has 0 unspecified atom stereocenters. The van der Waals surface area contributed by atoms with Gasteiger partial charge in [-0.25, -0.2) is 0 Å². The van der Waals surface area contributed by atoms with E-state index in [1.54, 1.807) is 20.8 Å². The Bertz CT molecular complexity index is 1640. The monoisotopic (exact) mass is 893 g/mol. The molecule has 0 aromatic rings. The maximum absolute atomic E-state index is 14.4. The number of aliphatic carboxylic acids is 3. The Morgan fingerprint density at radius 3 is 1.54 bits per heavy atom. The summed E-state index contributed by atoms with van der Waals surface area (Å²) in [7, 11) is 0. The summed E-state index contributed by atoms with van der Waals surface area (Å²) in [6.45, 7) is 5.27. The molecule has 354 valence electrons. The van der Waals surface area contributed by atoms with Crippen LogP contribution in [-0.2, 0) is 52.7 Å². The first kappa shape index (κ1) is 53.5. The van der Waals surface area contributed by atoms with E-state index in [9.17, 15) is 57.8 Å². The molecule has 2 saturated carbocycles. The lowest BCUT2D eigenvalue weighted by Crippen LogP contribution is -2.62. The first-order chi connectivity index (χ1) is 29.7. The van der Waals surface area contributed by atoms with Crippen LogP contribution in [0, 0.1) is 17.8 Å². The van der Waals surface area contributed by atoms with Gasteiger partial charge in [-0.3, -0.25) is 52.7 Å². The molecule has 2 aliphatic carbocycles. The molecular weight excluding hydrogens is 826 g/mol. The van der Waals surface area contributed by atoms with Crippen molar-refractivity contribution in [2.45, 2.75) is 173 Å². The molecule has 21 heteroatoms. The Balaban J connectivity index is 2.41. The van der Waals surface area contributed by atoms with Crippen LogP contribution in [0.25, 0.3) is 0 Å². The van der Waals surface area contributed by atoms with Gasteiger partial charge in [-0.1, -0.05) is 78.6 Å². The lowest BCUT2D eigenvalue weighted by atomic mass is 9.82. The van der Waals surface area contributed by atoms with Gasteiger partial charge in [0, 0.05) is 19.8 Å². The molecule has 10 N–H and O–H groups in total. The Morgan fingerprint density at radius 1 is 0.540 bits per heavy atom. The summed E-state index contributed by atoms with van der Waals surface area (Å²) < 4.78 is 0. The molecular formula is C42H67N7O14. The quantitative estimate of drug-likeness (QED) is 0.0500. The van der Waals surface area contributed by atoms with E-state index in [-0.39, 0.29) is 31.1 Å². The summed E-state index contributed by atoms with van der Waals surface area (Å²) in [6.07, 6.45) is 6.71. The van der Waals surface area contributed by atoms with Crippen LogP contribution in [0.1, 0.15) is 137 Å². The van der Waals surface area contributed by atoms with Crippen molar-refractivity contribution in [3.63, 3.8) is 0 Å². The number of carbonyl (C=O) groups excluding carboxylic acids is 8. The molecule has 0 aromatic carbocycles. The fourth-order valence-corrected chi connectivity index (χ4v) is 7.97. The molecule has 6 atom stereocenters. The lowest BCUT2D eigenvalue weighted by Gasteiger charge is -2.34. The number of amides is 7. The van der Waals surface area contributed by atoms with Crippen molar-refractivity contribution in [3.8, 4) is 0 Å². The number of Topliss-reactive ketones (excluding diaryl/α,β-unsaturated/α-hetero) is 1. The van der Waals surface area contributed by atoms with Gasteiger partial charge in [0.1, 0.15) is 36.8 Å². The van der Waals surface area contributed by atoms with Gasteiger partial charge in [-0.05, 0) is 56.3 Å². The van der Waals surface area contributed by atoms with Crippen LogP contribution in [-0.4, -0.2) is 123 Å². The summed E-state index contributed by atoms with van der Waals surface area (Å²) in [5.41, 5.74) is 0. The third-order valence-corrected chi connectivity index (χ3v) is 11.3. The van der Waals surface area contributed by atoms with E-state index in [0.717, 1.165) is 58.3 Å². The van der Waals surface area contributed by atoms with Gasteiger partial charge in [0.05, 0.1) is 6.04 Å². The third kappa shape index (κ3) is 19.5. The number of carboxylic acid groups (broad SMARTS) is 3. The predicted molar refractivity (Wildman–Crippen MR) is 224 cm³/mol. The van der Waals surface area contributed by atoms with Crippen molar-refractivity contribution in [2.24, 2.45) is 17.8 Å². The number of hydrogen-bond donors (Lipinski definition) is 10. The molecule has 0 aromatic heterocycles. The number of hydrogen-bond acceptors (Lipinski definition) is 11. The van der Waals surface area contributed by atoms with Crippen LogP contribution in [0.4, 0.5) is 0 Å². The molecule has 63 heavy (non-hydrogen) atoms. The molecule has 0 aliphatic heterocycles. The normalized spacial score (nSPS) is 17.3. The average Bonchev–Trinajstić information content (AvgIpc) is 3.23. The van der Waals surface area contributed by atoms with Gasteiger partial charge in [-0.2, -0.15) is 0 Å². The van der Waals surface area contributed by atoms with E-state index in [1.165, 1.54) is 0 Å². The minimum Gasteiger partial charge on any atom is -0.481 e. The second kappa shape index (κ2) is 27.4. The van der Waals surface area contributed by atoms with Crippen molar-refractivity contribution in [3.05, 3.63) is 0 Å². The van der Waals surface area contributed by atoms with Crippen LogP contribution in [0.5, 0.6) is 0 Å². The van der Waals surface area contributed by atoms with Crippen LogP contribution in [0.3, 0.4) is 0 Å². The highest BCUT2D eigenvalue weighted by atomic mass is 16.4. The van der Waals surface area contributed by atoms with Gasteiger partial charge in [0.2, 0.25) is 41.2 Å². The summed E-state index contributed by atoms with van der Waals surface area (Å²) in [6, 6.07) is -7.92. The van der Waals surface area contributed by atoms with Gasteiger partial charge in [-0.15, -0.1) is 0 Å². The van der Waals surface area contributed by atoms with E-state index in [0.29, 0.717) is 19.3 Å². The second-order valence-corrected chi connectivity index (χ2v) is 16.9. The van der Waals surface area contributed by atoms with Crippen molar-refractivity contribution in [1.82, 2.24) is 37.2 Å². The highest BCUT2D eigenvalue weighted by Crippen LogP contribution is 2.29. The first-order valence-corrected chi connectivity index (χ1v) is 22.0. The number of nitrogens with one attached hydrogen (secondary N) is 7. The maximum Gasteiger partial charge on any atom is 0.322 e. The summed E-state index contributed by atoms with van der Waals surface area (Å²) >= 11 is 0. The smallest absolute Gasteiger partial charge is 0.322 e. The molecule has 2 fully saturated rings. The fraction of sp³-hybridized carbons (Fsp3) is 0.738. The molecule has 0 radical (unpaired) electrons. The van der Waals surface area contributed by atoms with E-state index in [4.69, 9.17) is 10.2 Å². The molecule has 0 saturated heterocycles. The topological polar surface area (TPSA) is 333 Å². The first-order valence-electron chi connectivity index (χ1n) is 22.0. The highest BCUT2D eigenvalue weighted by Gasteiger charge is 2.38. The second-order valence-electron chi connectivity index (χ2n) is 16.9. The van der Waals surface area contributed by atoms with Gasteiger partial charge in [0.25, 0.3) is 5.91 Å². The van der Waals surface area contributed by atoms with Crippen LogP contribution in [0.2, 0.25) is 0 Å². The maximum atomic E-state index is 14.4. The third-order valence-electron chi connectivity index (χ3n) is 11.3. The van der Waals surface area contributed by atoms with E-state index < -0.39 is 133 Å². The Labute approximate surface area is 367 Å². The zero-order valence-electron chi connectivity index (χ0n) is 36.8. The van der Waals surface area contributed by atoms with E-state index in [1.807, 2.05) is 5.32 Å². The van der Waals surface area contributed by atoms with Gasteiger partial charge < -0.3 is 52.5 Å². The van der Waals surface area contributed by atoms with E-state index >= 15 is 0 Å². The largest absolute Gasteiger partial charge is 0.481 e. The molecule has 7 amide bonds. The van der Waals surface area contributed by atoms with Crippen LogP contribution < -0.4 is 37.2 Å². The minimum absolute atomic E-state index is 0.0394. The zero-order valence-corrected chi connectivity index (χ0v) is 36.8. The standard InChI is InChI=1S/C42H67N7O14/c1-5-12-27(36(57)42(63)43-22-33(55)56)45-39(60)30(21-25-13-8-6-9-14-25)47-41(62)35(26-15-10-7-11-16-26)49-40(61)34(23(2)3)48-38(59)29(18-20-32(53)54)46-37(58)28(44-24(4)50)17-19-31(51)52/h23,25-30,34-35H,5-22H2,1-4H3,(H,43,63)(H,44,50)(H,45,60)(H,46,58)(H,47,62)(H,48,59)(H,49,61)(H,51,52)(H,53,54)(H,55,56)/t27-,28-,29-,30-,34-,35-/m0/s1. The molecule has 0 bridgehead atoms. The Kier molecular flexibility index (Phi) is 23.3. The molecule has 0 heterocycles. The molecule has 21 nitrogen and oxygen atoms in total. The number of ketones is 1. The fourth-order valence-electron chi connectivity index (χ4n) is 7.97. The summed E-state index contributed by atoms with van der Waals surface area (Å²) in [5.74, 6) is -11.8. The highest BCUT2D eigenvalue weighted by molar-refractivity contribution is 6.38. The number of carboxylic acids is 3. The SMILES string of the molecule is CCC[C@H](NC(=O)[C@H](CC1CCCCC1)NC(=O)[C@@H](NC(=O)[C@@H](NC(=O)[C@H](CCC(=O)O)NC(=O)[C@H](CCC(=O)O)NC(C)=O)C(C)C)C1CCCCC1)C(=O)C(=O)NCC(=O)O. The van der Waals surface area contributed by atoms with Crippen molar-refractivity contribution in [1.29, 1.82) is 0 Å². The number of carbonyl (C=O) groups is 11. The average molecular weight is 894 g/mol. The van der Waals surface area contributed by atoms with Crippen molar-refractivity contribution in [2.75, 3.05) is 6.54 Å². The van der Waals surface area contributed by atoms with E-state index in [2.05, 4.69) is 31.9 Å². The Hall–Kier alpha value is -5.63. The zero-order chi connectivity index (χ0) is 47.2. The summed E-state index contributed by atoms with van der Waals surface area (Å²) in [4.78, 5) is 141. The summed E-state index contributed by atoms with van der Waals surface area (Å²) in [5, 5.41) is 45.0. The van der Waals surface area contributed by atoms with Crippen LogP contribution >= 0.6 is 0 Å². The molecule has 2 rings (SSSR count). The lowest BCUT2D eigenvalue weighted by molar-refractivity contribution is -0.143. The van der Waals surface area contributed by atoms with Gasteiger partial charge in [0.15, 0.2) is 0 Å².